The van der Waals surface area contributed by atoms with Crippen LogP contribution >= 0.6 is 0 Å². The zero-order chi connectivity index (χ0) is 7.11. The molecule has 1 atom stereocenters. The van der Waals surface area contributed by atoms with E-state index in [0.29, 0.717) is 6.41 Å². The minimum atomic E-state index is 0.0977. The number of carbonyl (C=O) groups is 1. The zero-order valence-electron chi connectivity index (χ0n) is 5.50. The minimum absolute atomic E-state index is 0.0977. The highest BCUT2D eigenvalue weighted by Crippen LogP contribution is 1.81. The molecule has 0 aromatic carbocycles. The van der Waals surface area contributed by atoms with Crippen LogP contribution in [0.4, 0.5) is 0 Å². The summed E-state index contributed by atoms with van der Waals surface area (Å²) in [6, 6.07) is 0.0977. The molecule has 9 heavy (non-hydrogen) atoms. The van der Waals surface area contributed by atoms with Gasteiger partial charge in [0, 0.05) is 6.04 Å². The lowest BCUT2D eigenvalue weighted by Gasteiger charge is -2.00. The van der Waals surface area contributed by atoms with Gasteiger partial charge in [0.05, 0.1) is 0 Å². The van der Waals surface area contributed by atoms with Crippen LogP contribution in [0.1, 0.15) is 6.92 Å². The van der Waals surface area contributed by atoms with Crippen LogP contribution in [0.15, 0.2) is 24.8 Å². The number of allylic oxidation sites excluding steroid dienone is 2. The maximum Gasteiger partial charge on any atom is 0.207 e. The highest BCUT2D eigenvalue weighted by Gasteiger charge is 1.87. The van der Waals surface area contributed by atoms with E-state index in [9.17, 15) is 4.79 Å². The normalized spacial score (nSPS) is 13.0. The summed E-state index contributed by atoms with van der Waals surface area (Å²) < 4.78 is 0. The van der Waals surface area contributed by atoms with E-state index in [1.807, 2.05) is 13.0 Å². The molecule has 0 fully saturated rings. The maximum absolute atomic E-state index is 9.81. The summed E-state index contributed by atoms with van der Waals surface area (Å²) in [5.41, 5.74) is 0. The highest BCUT2D eigenvalue weighted by molar-refractivity contribution is 5.47. The molecule has 0 rings (SSSR count). The van der Waals surface area contributed by atoms with E-state index in [-0.39, 0.29) is 6.04 Å². The van der Waals surface area contributed by atoms with Gasteiger partial charge in [0.1, 0.15) is 0 Å². The Morgan fingerprint density at radius 1 is 1.67 bits per heavy atom. The Balaban J connectivity index is 3.47. The van der Waals surface area contributed by atoms with Crippen LogP contribution in [0.25, 0.3) is 0 Å². The maximum atomic E-state index is 9.81. The molecule has 0 aliphatic heterocycles. The van der Waals surface area contributed by atoms with E-state index >= 15 is 0 Å². The fraction of sp³-hybridized carbons (Fsp3) is 0.286. The van der Waals surface area contributed by atoms with Gasteiger partial charge < -0.3 is 5.32 Å². The van der Waals surface area contributed by atoms with Crippen molar-refractivity contribution in [2.45, 2.75) is 13.0 Å². The molecule has 0 aromatic heterocycles. The number of carbonyl (C=O) groups excluding carboxylic acids is 1. The molecule has 1 unspecified atom stereocenters. The Hall–Kier alpha value is -1.05. The Morgan fingerprint density at radius 2 is 2.33 bits per heavy atom. The van der Waals surface area contributed by atoms with Gasteiger partial charge in [0.15, 0.2) is 0 Å². The molecular weight excluding hydrogens is 114 g/mol. The molecule has 0 radical (unpaired) electrons. The third kappa shape index (κ3) is 4.81. The summed E-state index contributed by atoms with van der Waals surface area (Å²) in [6.45, 7) is 5.37. The standard InChI is InChI=1S/C7H11NO/c1-3-4-5-7(2)8-6-9/h3-7H,1H2,2H3,(H,8,9)/b5-4-. The average Bonchev–Trinajstić information content (AvgIpc) is 1.85. The van der Waals surface area contributed by atoms with Crippen molar-refractivity contribution < 1.29 is 4.79 Å². The number of rotatable bonds is 4. The summed E-state index contributed by atoms with van der Waals surface area (Å²) in [7, 11) is 0. The number of hydrogen-bond donors (Lipinski definition) is 1. The molecule has 50 valence electrons. The molecule has 1 amide bonds. The van der Waals surface area contributed by atoms with E-state index in [1.54, 1.807) is 12.2 Å². The molecule has 0 saturated carbocycles. The first-order valence-electron chi connectivity index (χ1n) is 2.80. The zero-order valence-corrected chi connectivity index (χ0v) is 5.50. The van der Waals surface area contributed by atoms with Crippen molar-refractivity contribution in [3.8, 4) is 0 Å². The predicted molar refractivity (Wildman–Crippen MR) is 38.0 cm³/mol. The van der Waals surface area contributed by atoms with Gasteiger partial charge in [-0.25, -0.2) is 0 Å². The Bertz CT molecular complexity index is 118. The molecule has 0 aliphatic rings. The second-order valence-electron chi connectivity index (χ2n) is 1.69. The summed E-state index contributed by atoms with van der Waals surface area (Å²) in [4.78, 5) is 9.81. The van der Waals surface area contributed by atoms with E-state index in [1.165, 1.54) is 0 Å². The third-order valence-corrected chi connectivity index (χ3v) is 0.867. The van der Waals surface area contributed by atoms with Crippen LogP contribution < -0.4 is 5.32 Å². The summed E-state index contributed by atoms with van der Waals surface area (Å²) >= 11 is 0. The molecule has 2 nitrogen and oxygen atoms in total. The van der Waals surface area contributed by atoms with E-state index in [2.05, 4.69) is 11.9 Å². The van der Waals surface area contributed by atoms with Crippen molar-refractivity contribution in [1.29, 1.82) is 0 Å². The molecule has 1 N–H and O–H groups in total. The van der Waals surface area contributed by atoms with Gasteiger partial charge in [-0.05, 0) is 6.92 Å². The fourth-order valence-corrected chi connectivity index (χ4v) is 0.408. The molecule has 0 heterocycles. The molecule has 0 aliphatic carbocycles. The monoisotopic (exact) mass is 125 g/mol. The third-order valence-electron chi connectivity index (χ3n) is 0.867. The number of nitrogens with one attached hydrogen (secondary N) is 1. The largest absolute Gasteiger partial charge is 0.353 e. The van der Waals surface area contributed by atoms with E-state index in [0.717, 1.165) is 0 Å². The first-order chi connectivity index (χ1) is 4.31. The van der Waals surface area contributed by atoms with Crippen LogP contribution in [0.3, 0.4) is 0 Å². The van der Waals surface area contributed by atoms with E-state index < -0.39 is 0 Å². The SMILES string of the molecule is C=C/C=C\C(C)NC=O. The van der Waals surface area contributed by atoms with Gasteiger partial charge in [-0.3, -0.25) is 4.79 Å². The van der Waals surface area contributed by atoms with Crippen molar-refractivity contribution in [3.63, 3.8) is 0 Å². The fourth-order valence-electron chi connectivity index (χ4n) is 0.408. The summed E-state index contributed by atoms with van der Waals surface area (Å²) in [5.74, 6) is 0. The Morgan fingerprint density at radius 3 is 2.78 bits per heavy atom. The quantitative estimate of drug-likeness (QED) is 0.438. The van der Waals surface area contributed by atoms with E-state index in [4.69, 9.17) is 0 Å². The second kappa shape index (κ2) is 5.09. The van der Waals surface area contributed by atoms with Crippen molar-refractivity contribution in [1.82, 2.24) is 5.32 Å². The summed E-state index contributed by atoms with van der Waals surface area (Å²) in [6.07, 6.45) is 5.99. The highest BCUT2D eigenvalue weighted by atomic mass is 16.1. The lowest BCUT2D eigenvalue weighted by atomic mass is 10.3. The number of amides is 1. The Kier molecular flexibility index (Phi) is 4.50. The molecule has 0 bridgehead atoms. The van der Waals surface area contributed by atoms with Crippen LogP contribution in [0.5, 0.6) is 0 Å². The first-order valence-corrected chi connectivity index (χ1v) is 2.80. The Labute approximate surface area is 55.3 Å². The molecule has 0 spiro atoms. The molecular formula is C7H11NO. The van der Waals surface area contributed by atoms with Crippen LogP contribution in [0, 0.1) is 0 Å². The topological polar surface area (TPSA) is 29.1 Å². The van der Waals surface area contributed by atoms with Gasteiger partial charge in [-0.15, -0.1) is 0 Å². The molecule has 0 aromatic rings. The van der Waals surface area contributed by atoms with Gasteiger partial charge in [-0.2, -0.15) is 0 Å². The minimum Gasteiger partial charge on any atom is -0.353 e. The first kappa shape index (κ1) is 7.95. The van der Waals surface area contributed by atoms with Crippen molar-refractivity contribution >= 4 is 6.41 Å². The van der Waals surface area contributed by atoms with Gasteiger partial charge in [0.25, 0.3) is 0 Å². The van der Waals surface area contributed by atoms with Crippen molar-refractivity contribution in [2.24, 2.45) is 0 Å². The average molecular weight is 125 g/mol. The predicted octanol–water partition coefficient (Wildman–Crippen LogP) is 0.863. The van der Waals surface area contributed by atoms with Gasteiger partial charge in [-0.1, -0.05) is 24.8 Å². The second-order valence-corrected chi connectivity index (χ2v) is 1.69. The van der Waals surface area contributed by atoms with Crippen molar-refractivity contribution in [3.05, 3.63) is 24.8 Å². The van der Waals surface area contributed by atoms with Crippen LogP contribution in [-0.4, -0.2) is 12.5 Å². The molecule has 0 saturated heterocycles. The van der Waals surface area contributed by atoms with Crippen LogP contribution in [-0.2, 0) is 4.79 Å². The summed E-state index contributed by atoms with van der Waals surface area (Å²) in [5, 5.41) is 2.57. The van der Waals surface area contributed by atoms with Gasteiger partial charge in [0.2, 0.25) is 6.41 Å². The van der Waals surface area contributed by atoms with Crippen molar-refractivity contribution in [2.75, 3.05) is 0 Å². The smallest absolute Gasteiger partial charge is 0.207 e. The molecule has 2 heteroatoms. The van der Waals surface area contributed by atoms with Crippen LogP contribution in [0.2, 0.25) is 0 Å². The lowest BCUT2D eigenvalue weighted by Crippen LogP contribution is -2.21. The lowest BCUT2D eigenvalue weighted by molar-refractivity contribution is -0.109. The van der Waals surface area contributed by atoms with Gasteiger partial charge >= 0.3 is 0 Å². The number of hydrogen-bond acceptors (Lipinski definition) is 1.